The molecule has 0 aliphatic heterocycles. The third-order valence-electron chi connectivity index (χ3n) is 2.14. The highest BCUT2D eigenvalue weighted by Gasteiger charge is 2.14. The van der Waals surface area contributed by atoms with Crippen LogP contribution in [0.4, 0.5) is 0 Å². The standard InChI is InChI=1S/C11H13Cl2NO/c1-2-3-4-10(14)8-5-7(12)6-9(13)11(8)15/h2,5-6,10,15H,1,3-4,14H2/t10-/m0/s1. The Bertz CT molecular complexity index is 366. The minimum atomic E-state index is -0.279. The van der Waals surface area contributed by atoms with Crippen molar-refractivity contribution in [2.75, 3.05) is 0 Å². The number of aromatic hydroxyl groups is 1. The lowest BCUT2D eigenvalue weighted by Gasteiger charge is -2.14. The minimum absolute atomic E-state index is 0.0117. The topological polar surface area (TPSA) is 46.2 Å². The largest absolute Gasteiger partial charge is 0.506 e. The second-order valence-corrected chi connectivity index (χ2v) is 4.14. The van der Waals surface area contributed by atoms with E-state index in [9.17, 15) is 5.11 Å². The molecule has 0 amide bonds. The van der Waals surface area contributed by atoms with Crippen molar-refractivity contribution >= 4 is 23.2 Å². The highest BCUT2D eigenvalue weighted by atomic mass is 35.5. The van der Waals surface area contributed by atoms with Crippen LogP contribution in [-0.2, 0) is 0 Å². The van der Waals surface area contributed by atoms with Crippen LogP contribution in [0.2, 0.25) is 10.0 Å². The molecule has 2 nitrogen and oxygen atoms in total. The Morgan fingerprint density at radius 3 is 2.73 bits per heavy atom. The van der Waals surface area contributed by atoms with Crippen LogP contribution in [0, 0.1) is 0 Å². The molecule has 3 N–H and O–H groups in total. The van der Waals surface area contributed by atoms with Crippen LogP contribution in [0.3, 0.4) is 0 Å². The van der Waals surface area contributed by atoms with Gasteiger partial charge in [0.15, 0.2) is 0 Å². The van der Waals surface area contributed by atoms with E-state index in [-0.39, 0.29) is 16.8 Å². The molecule has 0 unspecified atom stereocenters. The third kappa shape index (κ3) is 3.13. The van der Waals surface area contributed by atoms with Gasteiger partial charge in [0.1, 0.15) is 5.75 Å². The van der Waals surface area contributed by atoms with Gasteiger partial charge in [0, 0.05) is 16.6 Å². The van der Waals surface area contributed by atoms with E-state index in [1.807, 2.05) is 0 Å². The SMILES string of the molecule is C=CCC[C@H](N)c1cc(Cl)cc(Cl)c1O. The Labute approximate surface area is 99.3 Å². The molecule has 0 saturated carbocycles. The molecule has 1 aromatic rings. The summed E-state index contributed by atoms with van der Waals surface area (Å²) in [5.74, 6) is 0.0117. The molecule has 0 saturated heterocycles. The summed E-state index contributed by atoms with van der Waals surface area (Å²) in [6.45, 7) is 3.61. The summed E-state index contributed by atoms with van der Waals surface area (Å²) in [7, 11) is 0. The monoisotopic (exact) mass is 245 g/mol. The highest BCUT2D eigenvalue weighted by Crippen LogP contribution is 2.35. The van der Waals surface area contributed by atoms with Gasteiger partial charge in [0.25, 0.3) is 0 Å². The zero-order chi connectivity index (χ0) is 11.4. The lowest BCUT2D eigenvalue weighted by molar-refractivity contribution is 0.459. The van der Waals surface area contributed by atoms with Gasteiger partial charge < -0.3 is 10.8 Å². The number of hydrogen-bond donors (Lipinski definition) is 2. The predicted octanol–water partition coefficient (Wildman–Crippen LogP) is 3.67. The Kier molecular flexibility index (Phi) is 4.45. The molecule has 0 fully saturated rings. The predicted molar refractivity (Wildman–Crippen MR) is 64.5 cm³/mol. The van der Waals surface area contributed by atoms with Crippen LogP contribution in [0.5, 0.6) is 5.75 Å². The van der Waals surface area contributed by atoms with E-state index in [2.05, 4.69) is 6.58 Å². The zero-order valence-corrected chi connectivity index (χ0v) is 9.72. The summed E-state index contributed by atoms with van der Waals surface area (Å²) in [5.41, 5.74) is 6.47. The van der Waals surface area contributed by atoms with Crippen LogP contribution in [0.1, 0.15) is 24.4 Å². The van der Waals surface area contributed by atoms with Gasteiger partial charge in [-0.1, -0.05) is 29.3 Å². The first kappa shape index (κ1) is 12.4. The maximum Gasteiger partial charge on any atom is 0.139 e. The van der Waals surface area contributed by atoms with Crippen molar-refractivity contribution in [2.24, 2.45) is 5.73 Å². The molecule has 1 aromatic carbocycles. The Balaban J connectivity index is 2.96. The fraction of sp³-hybridized carbons (Fsp3) is 0.273. The number of phenols is 1. The molecular weight excluding hydrogens is 233 g/mol. The van der Waals surface area contributed by atoms with Crippen LogP contribution in [0.15, 0.2) is 24.8 Å². The number of phenolic OH excluding ortho intramolecular Hbond substituents is 1. The summed E-state index contributed by atoms with van der Waals surface area (Å²) < 4.78 is 0. The number of hydrogen-bond acceptors (Lipinski definition) is 2. The maximum atomic E-state index is 9.70. The van der Waals surface area contributed by atoms with E-state index in [4.69, 9.17) is 28.9 Å². The molecule has 0 bridgehead atoms. The van der Waals surface area contributed by atoms with E-state index in [0.717, 1.165) is 6.42 Å². The normalized spacial score (nSPS) is 12.5. The molecule has 0 heterocycles. The smallest absolute Gasteiger partial charge is 0.139 e. The summed E-state index contributed by atoms with van der Waals surface area (Å²) in [6.07, 6.45) is 3.27. The van der Waals surface area contributed by atoms with E-state index in [1.54, 1.807) is 12.1 Å². The van der Waals surface area contributed by atoms with Crippen LogP contribution < -0.4 is 5.73 Å². The summed E-state index contributed by atoms with van der Waals surface area (Å²) >= 11 is 11.6. The second-order valence-electron chi connectivity index (χ2n) is 3.30. The lowest BCUT2D eigenvalue weighted by Crippen LogP contribution is -2.10. The number of rotatable bonds is 4. The van der Waals surface area contributed by atoms with Gasteiger partial charge in [-0.05, 0) is 25.0 Å². The van der Waals surface area contributed by atoms with E-state index in [1.165, 1.54) is 6.07 Å². The number of allylic oxidation sites excluding steroid dienone is 1. The fourth-order valence-electron chi connectivity index (χ4n) is 1.32. The van der Waals surface area contributed by atoms with Crippen molar-refractivity contribution in [3.05, 3.63) is 40.4 Å². The fourth-order valence-corrected chi connectivity index (χ4v) is 1.83. The molecule has 0 aromatic heterocycles. The van der Waals surface area contributed by atoms with Gasteiger partial charge in [0.05, 0.1) is 5.02 Å². The van der Waals surface area contributed by atoms with Gasteiger partial charge in [-0.3, -0.25) is 0 Å². The van der Waals surface area contributed by atoms with Crippen molar-refractivity contribution < 1.29 is 5.11 Å². The summed E-state index contributed by atoms with van der Waals surface area (Å²) in [6, 6.07) is 2.85. The first-order chi connectivity index (χ1) is 7.06. The molecule has 0 aliphatic carbocycles. The number of halogens is 2. The Hall–Kier alpha value is -0.700. The van der Waals surface area contributed by atoms with Gasteiger partial charge in [-0.25, -0.2) is 0 Å². The van der Waals surface area contributed by atoms with Crippen molar-refractivity contribution in [3.63, 3.8) is 0 Å². The van der Waals surface area contributed by atoms with E-state index >= 15 is 0 Å². The number of nitrogens with two attached hydrogens (primary N) is 1. The molecule has 0 radical (unpaired) electrons. The minimum Gasteiger partial charge on any atom is -0.506 e. The average Bonchev–Trinajstić information content (AvgIpc) is 2.19. The first-order valence-electron chi connectivity index (χ1n) is 4.60. The Morgan fingerprint density at radius 1 is 1.47 bits per heavy atom. The van der Waals surface area contributed by atoms with Crippen LogP contribution >= 0.6 is 23.2 Å². The van der Waals surface area contributed by atoms with Crippen molar-refractivity contribution in [1.29, 1.82) is 0 Å². The molecular formula is C11H13Cl2NO. The molecule has 0 spiro atoms. The second kappa shape index (κ2) is 5.40. The van der Waals surface area contributed by atoms with Crippen molar-refractivity contribution in [2.45, 2.75) is 18.9 Å². The molecule has 0 aliphatic rings. The third-order valence-corrected chi connectivity index (χ3v) is 2.65. The van der Waals surface area contributed by atoms with Gasteiger partial charge >= 0.3 is 0 Å². The molecule has 4 heteroatoms. The number of benzene rings is 1. The summed E-state index contributed by atoms with van der Waals surface area (Å²) in [4.78, 5) is 0. The Morgan fingerprint density at radius 2 is 2.13 bits per heavy atom. The van der Waals surface area contributed by atoms with Crippen LogP contribution in [0.25, 0.3) is 0 Å². The van der Waals surface area contributed by atoms with E-state index < -0.39 is 0 Å². The zero-order valence-electron chi connectivity index (χ0n) is 8.21. The van der Waals surface area contributed by atoms with Gasteiger partial charge in [0.2, 0.25) is 0 Å². The average molecular weight is 246 g/mol. The molecule has 1 atom stereocenters. The van der Waals surface area contributed by atoms with Gasteiger partial charge in [-0.2, -0.15) is 0 Å². The summed E-state index contributed by atoms with van der Waals surface area (Å²) in [5, 5.41) is 10.4. The highest BCUT2D eigenvalue weighted by molar-refractivity contribution is 6.35. The van der Waals surface area contributed by atoms with Gasteiger partial charge in [-0.15, -0.1) is 6.58 Å². The molecule has 15 heavy (non-hydrogen) atoms. The van der Waals surface area contributed by atoms with Crippen LogP contribution in [-0.4, -0.2) is 5.11 Å². The quantitative estimate of drug-likeness (QED) is 0.796. The first-order valence-corrected chi connectivity index (χ1v) is 5.36. The van der Waals surface area contributed by atoms with E-state index in [0.29, 0.717) is 17.0 Å². The molecule has 1 rings (SSSR count). The lowest BCUT2D eigenvalue weighted by atomic mass is 10.0. The van der Waals surface area contributed by atoms with Crippen molar-refractivity contribution in [3.8, 4) is 5.75 Å². The molecule has 82 valence electrons. The maximum absolute atomic E-state index is 9.70. The van der Waals surface area contributed by atoms with Crippen molar-refractivity contribution in [1.82, 2.24) is 0 Å².